The number of rotatable bonds is 4. The molecule has 0 radical (unpaired) electrons. The summed E-state index contributed by atoms with van der Waals surface area (Å²) in [5, 5.41) is 0. The van der Waals surface area contributed by atoms with Gasteiger partial charge in [-0.3, -0.25) is 0 Å². The Morgan fingerprint density at radius 2 is 2.19 bits per heavy atom. The standard InChI is InChI=1S/C13H20N2O/c1-15-9-5-12(6-10-15)7-11-16-13-4-2-3-8-14-13/h2-4,8,12H,5-7,9-11H2,1H3. The molecule has 16 heavy (non-hydrogen) atoms. The SMILES string of the molecule is CN1CCC(CCOc2ccccn2)CC1. The van der Waals surface area contributed by atoms with Crippen LogP contribution in [0.4, 0.5) is 0 Å². The van der Waals surface area contributed by atoms with Crippen LogP contribution in [0.1, 0.15) is 19.3 Å². The molecule has 0 aliphatic carbocycles. The zero-order valence-corrected chi connectivity index (χ0v) is 9.93. The molecule has 3 heteroatoms. The highest BCUT2D eigenvalue weighted by atomic mass is 16.5. The minimum absolute atomic E-state index is 0.746. The van der Waals surface area contributed by atoms with E-state index in [9.17, 15) is 0 Å². The number of hydrogen-bond acceptors (Lipinski definition) is 3. The topological polar surface area (TPSA) is 25.4 Å². The van der Waals surface area contributed by atoms with Gasteiger partial charge in [-0.2, -0.15) is 0 Å². The van der Waals surface area contributed by atoms with Crippen molar-refractivity contribution in [3.8, 4) is 5.88 Å². The Balaban J connectivity index is 1.65. The number of ether oxygens (including phenoxy) is 1. The second kappa shape index (κ2) is 5.85. The Labute approximate surface area is 97.4 Å². The van der Waals surface area contributed by atoms with Crippen LogP contribution in [-0.4, -0.2) is 36.6 Å². The van der Waals surface area contributed by atoms with E-state index in [0.29, 0.717) is 0 Å². The van der Waals surface area contributed by atoms with E-state index in [4.69, 9.17) is 4.74 Å². The summed E-state index contributed by atoms with van der Waals surface area (Å²) in [5.74, 6) is 1.58. The highest BCUT2D eigenvalue weighted by molar-refractivity contribution is 5.08. The number of hydrogen-bond donors (Lipinski definition) is 0. The van der Waals surface area contributed by atoms with Gasteiger partial charge >= 0.3 is 0 Å². The smallest absolute Gasteiger partial charge is 0.213 e. The first kappa shape index (κ1) is 11.4. The van der Waals surface area contributed by atoms with Crippen LogP contribution in [0.3, 0.4) is 0 Å². The largest absolute Gasteiger partial charge is 0.478 e. The molecule has 1 saturated heterocycles. The van der Waals surface area contributed by atoms with Gasteiger partial charge in [0.1, 0.15) is 0 Å². The van der Waals surface area contributed by atoms with Crippen LogP contribution < -0.4 is 4.74 Å². The number of nitrogens with zero attached hydrogens (tertiary/aromatic N) is 2. The molecule has 0 atom stereocenters. The van der Waals surface area contributed by atoms with Gasteiger partial charge in [-0.1, -0.05) is 6.07 Å². The summed E-state index contributed by atoms with van der Waals surface area (Å²) in [6.45, 7) is 3.26. The second-order valence-electron chi connectivity index (χ2n) is 4.55. The highest BCUT2D eigenvalue weighted by Gasteiger charge is 2.16. The zero-order valence-electron chi connectivity index (χ0n) is 9.93. The fourth-order valence-electron chi connectivity index (χ4n) is 2.11. The summed E-state index contributed by atoms with van der Waals surface area (Å²) in [6.07, 6.45) is 5.54. The molecule has 1 aliphatic rings. The van der Waals surface area contributed by atoms with E-state index in [2.05, 4.69) is 16.9 Å². The third-order valence-corrected chi connectivity index (χ3v) is 3.25. The Morgan fingerprint density at radius 1 is 1.38 bits per heavy atom. The van der Waals surface area contributed by atoms with Crippen molar-refractivity contribution in [2.24, 2.45) is 5.92 Å². The van der Waals surface area contributed by atoms with Crippen LogP contribution in [0.5, 0.6) is 5.88 Å². The average Bonchev–Trinajstić information content (AvgIpc) is 2.33. The lowest BCUT2D eigenvalue weighted by Gasteiger charge is -2.28. The van der Waals surface area contributed by atoms with E-state index >= 15 is 0 Å². The molecule has 2 heterocycles. The van der Waals surface area contributed by atoms with Crippen LogP contribution in [0.2, 0.25) is 0 Å². The molecule has 1 aromatic rings. The van der Waals surface area contributed by atoms with E-state index in [0.717, 1.165) is 24.8 Å². The summed E-state index contributed by atoms with van der Waals surface area (Å²) in [5.41, 5.74) is 0. The van der Waals surface area contributed by atoms with E-state index in [1.54, 1.807) is 6.20 Å². The highest BCUT2D eigenvalue weighted by Crippen LogP contribution is 2.19. The third kappa shape index (κ3) is 3.49. The normalized spacial score (nSPS) is 18.6. The summed E-state index contributed by atoms with van der Waals surface area (Å²) in [7, 11) is 2.20. The third-order valence-electron chi connectivity index (χ3n) is 3.25. The number of likely N-dealkylation sites (tertiary alicyclic amines) is 1. The van der Waals surface area contributed by atoms with E-state index < -0.39 is 0 Å². The lowest BCUT2D eigenvalue weighted by atomic mass is 9.94. The van der Waals surface area contributed by atoms with Crippen molar-refractivity contribution in [2.45, 2.75) is 19.3 Å². The molecule has 0 bridgehead atoms. The molecule has 1 aliphatic heterocycles. The van der Waals surface area contributed by atoms with Crippen molar-refractivity contribution in [3.63, 3.8) is 0 Å². The molecule has 88 valence electrons. The monoisotopic (exact) mass is 220 g/mol. The van der Waals surface area contributed by atoms with Crippen LogP contribution >= 0.6 is 0 Å². The van der Waals surface area contributed by atoms with E-state index in [1.807, 2.05) is 18.2 Å². The molecule has 0 saturated carbocycles. The van der Waals surface area contributed by atoms with E-state index in [1.165, 1.54) is 25.9 Å². The summed E-state index contributed by atoms with van der Waals surface area (Å²) in [6, 6.07) is 5.77. The molecular weight excluding hydrogens is 200 g/mol. The lowest BCUT2D eigenvalue weighted by Crippen LogP contribution is -2.30. The molecular formula is C13H20N2O. The Bertz CT molecular complexity index is 294. The lowest BCUT2D eigenvalue weighted by molar-refractivity contribution is 0.185. The summed E-state index contributed by atoms with van der Waals surface area (Å²) in [4.78, 5) is 6.54. The van der Waals surface area contributed by atoms with Crippen molar-refractivity contribution < 1.29 is 4.74 Å². The van der Waals surface area contributed by atoms with Crippen LogP contribution in [0.15, 0.2) is 24.4 Å². The van der Waals surface area contributed by atoms with Gasteiger partial charge in [0.25, 0.3) is 0 Å². The van der Waals surface area contributed by atoms with Crippen molar-refractivity contribution >= 4 is 0 Å². The molecule has 0 aromatic carbocycles. The maximum atomic E-state index is 5.61. The molecule has 1 fully saturated rings. The van der Waals surface area contributed by atoms with E-state index in [-0.39, 0.29) is 0 Å². The van der Waals surface area contributed by atoms with Gasteiger partial charge in [-0.15, -0.1) is 0 Å². The number of piperidine rings is 1. The predicted octanol–water partition coefficient (Wildman–Crippen LogP) is 2.19. The fraction of sp³-hybridized carbons (Fsp3) is 0.615. The van der Waals surface area contributed by atoms with Crippen molar-refractivity contribution in [2.75, 3.05) is 26.7 Å². The molecule has 1 aromatic heterocycles. The van der Waals surface area contributed by atoms with Crippen LogP contribution in [0.25, 0.3) is 0 Å². The fourth-order valence-corrected chi connectivity index (χ4v) is 2.11. The molecule has 3 nitrogen and oxygen atoms in total. The quantitative estimate of drug-likeness (QED) is 0.777. The van der Waals surface area contributed by atoms with Gasteiger partial charge < -0.3 is 9.64 Å². The summed E-state index contributed by atoms with van der Waals surface area (Å²) < 4.78 is 5.61. The van der Waals surface area contributed by atoms with Crippen LogP contribution in [0, 0.1) is 5.92 Å². The van der Waals surface area contributed by atoms with Gasteiger partial charge in [-0.25, -0.2) is 4.98 Å². The molecule has 2 rings (SSSR count). The van der Waals surface area contributed by atoms with Gasteiger partial charge in [-0.05, 0) is 51.4 Å². The van der Waals surface area contributed by atoms with Crippen molar-refractivity contribution in [1.82, 2.24) is 9.88 Å². The first-order valence-electron chi connectivity index (χ1n) is 6.07. The maximum Gasteiger partial charge on any atom is 0.213 e. The Hall–Kier alpha value is -1.09. The summed E-state index contributed by atoms with van der Waals surface area (Å²) >= 11 is 0. The minimum atomic E-state index is 0.746. The van der Waals surface area contributed by atoms with Gasteiger partial charge in [0, 0.05) is 12.3 Å². The van der Waals surface area contributed by atoms with Crippen molar-refractivity contribution in [3.05, 3.63) is 24.4 Å². The van der Waals surface area contributed by atoms with Gasteiger partial charge in [0.05, 0.1) is 6.61 Å². The van der Waals surface area contributed by atoms with Gasteiger partial charge in [0.2, 0.25) is 5.88 Å². The number of aromatic nitrogens is 1. The first-order chi connectivity index (χ1) is 7.84. The predicted molar refractivity (Wildman–Crippen MR) is 64.6 cm³/mol. The molecule has 0 unspecified atom stereocenters. The molecule has 0 spiro atoms. The number of pyridine rings is 1. The van der Waals surface area contributed by atoms with Crippen LogP contribution in [-0.2, 0) is 0 Å². The maximum absolute atomic E-state index is 5.61. The van der Waals surface area contributed by atoms with Gasteiger partial charge in [0.15, 0.2) is 0 Å². The average molecular weight is 220 g/mol. The molecule has 0 amide bonds. The minimum Gasteiger partial charge on any atom is -0.478 e. The zero-order chi connectivity index (χ0) is 11.2. The Kier molecular flexibility index (Phi) is 4.17. The first-order valence-corrected chi connectivity index (χ1v) is 6.07. The Morgan fingerprint density at radius 3 is 2.88 bits per heavy atom. The van der Waals surface area contributed by atoms with Crippen molar-refractivity contribution in [1.29, 1.82) is 0 Å². The molecule has 0 N–H and O–H groups in total. The second-order valence-corrected chi connectivity index (χ2v) is 4.55.